The van der Waals surface area contributed by atoms with Crippen molar-refractivity contribution in [3.63, 3.8) is 0 Å². The minimum absolute atomic E-state index is 0.0406. The van der Waals surface area contributed by atoms with Crippen molar-refractivity contribution in [2.75, 3.05) is 6.54 Å². The highest BCUT2D eigenvalue weighted by Gasteiger charge is 2.39. The standard InChI is InChI=1S/C17H16F2N2O3/c18-10-3-4-13(19)12(5-10)15-6-11(22)8-21(15)17(23)16-7-14(20-24-16)9-1-2-9/h3-5,7,9,11,15,22H,1-2,6,8H2/t11-,15-/m1/s1. The van der Waals surface area contributed by atoms with Crippen LogP contribution in [0, 0.1) is 11.6 Å². The van der Waals surface area contributed by atoms with Crippen LogP contribution in [-0.2, 0) is 0 Å². The summed E-state index contributed by atoms with van der Waals surface area (Å²) in [5.74, 6) is -1.26. The lowest BCUT2D eigenvalue weighted by atomic mass is 10.0. The number of hydrogen-bond acceptors (Lipinski definition) is 4. The predicted molar refractivity (Wildman–Crippen MR) is 79.2 cm³/mol. The smallest absolute Gasteiger partial charge is 0.293 e. The van der Waals surface area contributed by atoms with E-state index in [1.54, 1.807) is 6.07 Å². The molecule has 0 unspecified atom stereocenters. The first-order valence-electron chi connectivity index (χ1n) is 7.93. The molecule has 1 amide bonds. The average molecular weight is 334 g/mol. The number of carbonyl (C=O) groups excluding carboxylic acids is 1. The van der Waals surface area contributed by atoms with Crippen LogP contribution < -0.4 is 0 Å². The van der Waals surface area contributed by atoms with Crippen LogP contribution in [0.4, 0.5) is 8.78 Å². The number of β-amino-alcohol motifs (C(OH)–C–C–N with tert-alkyl or cyclic N) is 1. The van der Waals surface area contributed by atoms with Crippen LogP contribution in [-0.4, -0.2) is 33.7 Å². The van der Waals surface area contributed by atoms with Gasteiger partial charge in [-0.3, -0.25) is 4.79 Å². The number of carbonyl (C=O) groups is 1. The summed E-state index contributed by atoms with van der Waals surface area (Å²) >= 11 is 0. The van der Waals surface area contributed by atoms with Gasteiger partial charge in [-0.25, -0.2) is 8.78 Å². The summed E-state index contributed by atoms with van der Waals surface area (Å²) < 4.78 is 32.7. The zero-order valence-electron chi connectivity index (χ0n) is 12.8. The zero-order valence-corrected chi connectivity index (χ0v) is 12.8. The van der Waals surface area contributed by atoms with Crippen molar-refractivity contribution in [1.29, 1.82) is 0 Å². The number of amides is 1. The Morgan fingerprint density at radius 3 is 2.83 bits per heavy atom. The number of halogens is 2. The Balaban J connectivity index is 1.64. The van der Waals surface area contributed by atoms with Crippen LogP contribution in [0.25, 0.3) is 0 Å². The molecule has 2 aromatic rings. The number of rotatable bonds is 3. The Morgan fingerprint density at radius 2 is 2.08 bits per heavy atom. The van der Waals surface area contributed by atoms with Gasteiger partial charge in [0.25, 0.3) is 5.91 Å². The minimum atomic E-state index is -0.799. The van der Waals surface area contributed by atoms with Gasteiger partial charge in [0.1, 0.15) is 11.6 Å². The van der Waals surface area contributed by atoms with E-state index in [4.69, 9.17) is 4.52 Å². The number of likely N-dealkylation sites (tertiary alicyclic amines) is 1. The lowest BCUT2D eigenvalue weighted by molar-refractivity contribution is 0.0671. The normalized spacial score (nSPS) is 23.7. The SMILES string of the molecule is O=C(c1cc(C2CC2)no1)N1C[C@H](O)C[C@@H]1c1cc(F)ccc1F. The fourth-order valence-corrected chi connectivity index (χ4v) is 3.21. The molecule has 2 aliphatic rings. The van der Waals surface area contributed by atoms with Crippen molar-refractivity contribution < 1.29 is 23.2 Å². The molecule has 2 fully saturated rings. The molecule has 1 saturated carbocycles. The van der Waals surface area contributed by atoms with Crippen LogP contribution in [0.5, 0.6) is 0 Å². The van der Waals surface area contributed by atoms with E-state index in [2.05, 4.69) is 5.16 Å². The van der Waals surface area contributed by atoms with Gasteiger partial charge in [0.05, 0.1) is 17.8 Å². The van der Waals surface area contributed by atoms with Gasteiger partial charge in [-0.1, -0.05) is 5.16 Å². The molecular formula is C17H16F2N2O3. The van der Waals surface area contributed by atoms with Crippen LogP contribution in [0.3, 0.4) is 0 Å². The summed E-state index contributed by atoms with van der Waals surface area (Å²) in [6.45, 7) is 0.0406. The molecular weight excluding hydrogens is 318 g/mol. The number of aliphatic hydroxyl groups is 1. The molecule has 1 aliphatic carbocycles. The van der Waals surface area contributed by atoms with Gasteiger partial charge in [0.2, 0.25) is 5.76 Å². The lowest BCUT2D eigenvalue weighted by Gasteiger charge is -2.23. The van der Waals surface area contributed by atoms with E-state index in [0.717, 1.165) is 36.7 Å². The Hall–Kier alpha value is -2.28. The summed E-state index contributed by atoms with van der Waals surface area (Å²) in [7, 11) is 0. The molecule has 0 bridgehead atoms. The second-order valence-corrected chi connectivity index (χ2v) is 6.42. The fourth-order valence-electron chi connectivity index (χ4n) is 3.21. The molecule has 1 saturated heterocycles. The summed E-state index contributed by atoms with van der Waals surface area (Å²) in [4.78, 5) is 14.0. The first-order valence-corrected chi connectivity index (χ1v) is 7.93. The molecule has 126 valence electrons. The van der Waals surface area contributed by atoms with Crippen molar-refractivity contribution in [3.05, 3.63) is 52.9 Å². The van der Waals surface area contributed by atoms with E-state index < -0.39 is 29.7 Å². The quantitative estimate of drug-likeness (QED) is 0.937. The summed E-state index contributed by atoms with van der Waals surface area (Å²) in [5.41, 5.74) is 0.799. The van der Waals surface area contributed by atoms with Crippen molar-refractivity contribution >= 4 is 5.91 Å². The Morgan fingerprint density at radius 1 is 1.29 bits per heavy atom. The van der Waals surface area contributed by atoms with Crippen molar-refractivity contribution in [2.45, 2.75) is 37.3 Å². The topological polar surface area (TPSA) is 66.6 Å². The third-order valence-electron chi connectivity index (χ3n) is 4.59. The predicted octanol–water partition coefficient (Wildman–Crippen LogP) is 2.78. The van der Waals surface area contributed by atoms with Gasteiger partial charge in [-0.05, 0) is 37.5 Å². The molecule has 1 aromatic carbocycles. The second kappa shape index (κ2) is 5.66. The molecule has 2 atom stereocenters. The van der Waals surface area contributed by atoms with Crippen LogP contribution in [0.2, 0.25) is 0 Å². The maximum absolute atomic E-state index is 14.1. The first kappa shape index (κ1) is 15.3. The monoisotopic (exact) mass is 334 g/mol. The number of nitrogens with zero attached hydrogens (tertiary/aromatic N) is 2. The van der Waals surface area contributed by atoms with Crippen LogP contribution in [0.1, 0.15) is 53.0 Å². The molecule has 1 aromatic heterocycles. The summed E-state index contributed by atoms with van der Waals surface area (Å²) in [6, 6.07) is 3.97. The summed E-state index contributed by atoms with van der Waals surface area (Å²) in [5, 5.41) is 13.8. The maximum Gasteiger partial charge on any atom is 0.293 e. The van der Waals surface area contributed by atoms with Gasteiger partial charge in [-0.15, -0.1) is 0 Å². The van der Waals surface area contributed by atoms with Crippen molar-refractivity contribution in [3.8, 4) is 0 Å². The highest BCUT2D eigenvalue weighted by atomic mass is 19.1. The third kappa shape index (κ3) is 2.69. The van der Waals surface area contributed by atoms with Gasteiger partial charge in [0, 0.05) is 24.1 Å². The first-order chi connectivity index (χ1) is 11.5. The van der Waals surface area contributed by atoms with Gasteiger partial charge in [-0.2, -0.15) is 0 Å². The highest BCUT2D eigenvalue weighted by molar-refractivity contribution is 5.92. The van der Waals surface area contributed by atoms with E-state index in [-0.39, 0.29) is 24.3 Å². The zero-order chi connectivity index (χ0) is 16.8. The molecule has 5 nitrogen and oxygen atoms in total. The second-order valence-electron chi connectivity index (χ2n) is 6.42. The lowest BCUT2D eigenvalue weighted by Crippen LogP contribution is -2.32. The average Bonchev–Trinajstić information content (AvgIpc) is 3.16. The number of hydrogen-bond donors (Lipinski definition) is 1. The molecule has 0 radical (unpaired) electrons. The molecule has 1 aliphatic heterocycles. The third-order valence-corrected chi connectivity index (χ3v) is 4.59. The Kier molecular flexibility index (Phi) is 3.60. The van der Waals surface area contributed by atoms with Crippen LogP contribution >= 0.6 is 0 Å². The molecule has 1 N–H and O–H groups in total. The van der Waals surface area contributed by atoms with Crippen LogP contribution in [0.15, 0.2) is 28.8 Å². The summed E-state index contributed by atoms with van der Waals surface area (Å²) in [6.07, 6.45) is 1.40. The fraction of sp³-hybridized carbons (Fsp3) is 0.412. The number of benzene rings is 1. The highest BCUT2D eigenvalue weighted by Crippen LogP contribution is 2.40. The molecule has 0 spiro atoms. The Labute approximate surface area is 136 Å². The largest absolute Gasteiger partial charge is 0.391 e. The molecule has 24 heavy (non-hydrogen) atoms. The number of aromatic nitrogens is 1. The van der Waals surface area contributed by atoms with E-state index in [9.17, 15) is 18.7 Å². The van der Waals surface area contributed by atoms with Gasteiger partial charge in [0.15, 0.2) is 0 Å². The molecule has 4 rings (SSSR count). The van der Waals surface area contributed by atoms with E-state index in [1.807, 2.05) is 0 Å². The number of aliphatic hydroxyl groups excluding tert-OH is 1. The van der Waals surface area contributed by atoms with E-state index in [1.165, 1.54) is 4.90 Å². The Bertz CT molecular complexity index is 788. The van der Waals surface area contributed by atoms with E-state index in [0.29, 0.717) is 5.92 Å². The van der Waals surface area contributed by atoms with Crippen molar-refractivity contribution in [2.24, 2.45) is 0 Å². The van der Waals surface area contributed by atoms with Crippen molar-refractivity contribution in [1.82, 2.24) is 10.1 Å². The molecule has 2 heterocycles. The van der Waals surface area contributed by atoms with Gasteiger partial charge >= 0.3 is 0 Å². The molecule has 7 heteroatoms. The maximum atomic E-state index is 14.1. The minimum Gasteiger partial charge on any atom is -0.391 e. The van der Waals surface area contributed by atoms with Gasteiger partial charge < -0.3 is 14.5 Å². The van der Waals surface area contributed by atoms with E-state index >= 15 is 0 Å².